The number of methoxy groups -OCH3 is 1. The van der Waals surface area contributed by atoms with Crippen molar-refractivity contribution in [3.63, 3.8) is 0 Å². The van der Waals surface area contributed by atoms with E-state index in [1.807, 2.05) is 163 Å². The summed E-state index contributed by atoms with van der Waals surface area (Å²) in [6.45, 7) is 3.97. The SMILES string of the molecule is COc1ccc(C#Cc2ccc3c(c2)C2(C(=O)N3C(=O)NC(C)c3ccccc3)C(C(=O)N3CCN(Cc4ccc5c(c4)OCO5)CC3)C3C(=O)OC(c4ccccc4)C(c4ccccc4)N3C2c2ccc(OCCO)cc2)cc1. The zero-order chi connectivity index (χ0) is 54.9. The van der Waals surface area contributed by atoms with Crippen LogP contribution in [-0.2, 0) is 31.1 Å². The topological polar surface area (TPSA) is 160 Å². The number of urea groups is 1. The van der Waals surface area contributed by atoms with E-state index in [4.69, 9.17) is 23.7 Å². The summed E-state index contributed by atoms with van der Waals surface area (Å²) >= 11 is 0. The van der Waals surface area contributed by atoms with E-state index in [2.05, 4.69) is 22.1 Å². The van der Waals surface area contributed by atoms with Crippen molar-refractivity contribution < 1.29 is 48.0 Å². The number of carbonyl (C=O) groups is 4. The van der Waals surface area contributed by atoms with Gasteiger partial charge in [0.25, 0.3) is 0 Å². The van der Waals surface area contributed by atoms with Gasteiger partial charge in [0.15, 0.2) is 11.5 Å². The number of hydrogen-bond donors (Lipinski definition) is 2. The van der Waals surface area contributed by atoms with Gasteiger partial charge in [-0.3, -0.25) is 24.2 Å². The number of benzene rings is 7. The number of fused-ring (bicyclic) bond motifs is 4. The lowest BCUT2D eigenvalue weighted by atomic mass is 9.64. The zero-order valence-electron chi connectivity index (χ0n) is 44.3. The summed E-state index contributed by atoms with van der Waals surface area (Å²) < 4.78 is 29.3. The lowest BCUT2D eigenvalue weighted by Gasteiger charge is -2.46. The second kappa shape index (κ2) is 22.1. The Bertz CT molecular complexity index is 3490. The van der Waals surface area contributed by atoms with Gasteiger partial charge in [-0.2, -0.15) is 0 Å². The molecule has 7 aromatic rings. The molecule has 0 aromatic heterocycles. The number of carbonyl (C=O) groups excluding carboxylic acids is 4. The van der Waals surface area contributed by atoms with Crippen LogP contribution in [0.4, 0.5) is 10.5 Å². The van der Waals surface area contributed by atoms with E-state index in [-0.39, 0.29) is 38.8 Å². The first-order valence-electron chi connectivity index (χ1n) is 27.0. The summed E-state index contributed by atoms with van der Waals surface area (Å²) in [5, 5.41) is 12.9. The second-order valence-electron chi connectivity index (χ2n) is 20.6. The van der Waals surface area contributed by atoms with Gasteiger partial charge in [0.05, 0.1) is 43.4 Å². The van der Waals surface area contributed by atoms with Gasteiger partial charge in [0.1, 0.15) is 35.7 Å². The second-order valence-corrected chi connectivity index (χ2v) is 20.6. The number of cyclic esters (lactones) is 1. The fraction of sp³-hybridized carbons (Fsp3) is 0.262. The summed E-state index contributed by atoms with van der Waals surface area (Å²) in [5.74, 6) is 5.87. The highest BCUT2D eigenvalue weighted by Gasteiger charge is 2.76. The molecule has 0 bridgehead atoms. The molecule has 3 saturated heterocycles. The lowest BCUT2D eigenvalue weighted by molar-refractivity contribution is -0.179. The van der Waals surface area contributed by atoms with Gasteiger partial charge in [-0.05, 0) is 107 Å². The molecule has 4 amide bonds. The van der Waals surface area contributed by atoms with Crippen molar-refractivity contribution in [3.8, 4) is 34.8 Å². The normalized spacial score (nSPS) is 22.4. The van der Waals surface area contributed by atoms with Gasteiger partial charge >= 0.3 is 12.0 Å². The Labute approximate surface area is 464 Å². The monoisotopic (exact) mass is 1070 g/mol. The molecule has 3 fully saturated rings. The van der Waals surface area contributed by atoms with Crippen LogP contribution in [0.15, 0.2) is 176 Å². The van der Waals surface area contributed by atoms with Gasteiger partial charge in [-0.15, -0.1) is 0 Å². The lowest BCUT2D eigenvalue weighted by Crippen LogP contribution is -2.59. The van der Waals surface area contributed by atoms with E-state index in [9.17, 15) is 5.11 Å². The number of nitrogens with one attached hydrogen (secondary N) is 1. The van der Waals surface area contributed by atoms with Crippen LogP contribution in [0, 0.1) is 17.8 Å². The number of ether oxygens (including phenoxy) is 5. The molecule has 404 valence electrons. The van der Waals surface area contributed by atoms with Crippen molar-refractivity contribution in [1.29, 1.82) is 0 Å². The van der Waals surface area contributed by atoms with Crippen molar-refractivity contribution in [2.75, 3.05) is 58.2 Å². The van der Waals surface area contributed by atoms with Crippen LogP contribution in [-0.4, -0.2) is 103 Å². The Balaban J connectivity index is 1.06. The minimum atomic E-state index is -2.00. The molecule has 5 heterocycles. The van der Waals surface area contributed by atoms with Crippen LogP contribution in [0.3, 0.4) is 0 Å². The molecule has 7 atom stereocenters. The molecule has 80 heavy (non-hydrogen) atoms. The number of esters is 1. The quantitative estimate of drug-likeness (QED) is 0.0887. The minimum absolute atomic E-state index is 0.0415. The van der Waals surface area contributed by atoms with E-state index in [0.717, 1.165) is 16.7 Å². The number of anilines is 1. The fourth-order valence-corrected chi connectivity index (χ4v) is 12.4. The Morgan fingerprint density at radius 2 is 1.36 bits per heavy atom. The molecule has 5 aliphatic heterocycles. The van der Waals surface area contributed by atoms with E-state index in [1.54, 1.807) is 36.3 Å². The van der Waals surface area contributed by atoms with E-state index >= 15 is 19.2 Å². The first-order chi connectivity index (χ1) is 39.1. The maximum atomic E-state index is 17.1. The number of aliphatic hydroxyl groups excluding tert-OH is 1. The summed E-state index contributed by atoms with van der Waals surface area (Å²) in [5.41, 5.74) is 3.75. The highest BCUT2D eigenvalue weighted by Crippen LogP contribution is 2.66. The predicted octanol–water partition coefficient (Wildman–Crippen LogP) is 8.68. The number of hydrogen-bond acceptors (Lipinski definition) is 12. The van der Waals surface area contributed by atoms with Gasteiger partial charge in [-0.25, -0.2) is 9.69 Å². The highest BCUT2D eigenvalue weighted by molar-refractivity contribution is 6.24. The summed E-state index contributed by atoms with van der Waals surface area (Å²) in [4.78, 5) is 72.1. The molecule has 15 nitrogen and oxygen atoms in total. The maximum Gasteiger partial charge on any atom is 0.329 e. The van der Waals surface area contributed by atoms with Crippen LogP contribution >= 0.6 is 0 Å². The number of nitrogens with zero attached hydrogens (tertiary/aromatic N) is 4. The summed E-state index contributed by atoms with van der Waals surface area (Å²) in [6.07, 6.45) is -0.911. The van der Waals surface area contributed by atoms with E-state index < -0.39 is 65.4 Å². The van der Waals surface area contributed by atoms with Crippen molar-refractivity contribution in [2.45, 2.75) is 49.2 Å². The molecule has 2 N–H and O–H groups in total. The largest absolute Gasteiger partial charge is 0.497 e. The molecular weight excluding hydrogens is 1010 g/mol. The first-order valence-corrected chi connectivity index (χ1v) is 27.0. The van der Waals surface area contributed by atoms with Crippen molar-refractivity contribution in [2.24, 2.45) is 5.92 Å². The summed E-state index contributed by atoms with van der Waals surface area (Å²) in [7, 11) is 1.60. The third kappa shape index (κ3) is 9.44. The Hall–Kier alpha value is -8.94. The Morgan fingerprint density at radius 1 is 0.713 bits per heavy atom. The van der Waals surface area contributed by atoms with Gasteiger partial charge in [-0.1, -0.05) is 121 Å². The number of amides is 4. The molecule has 7 unspecified atom stereocenters. The van der Waals surface area contributed by atoms with Crippen LogP contribution in [0.25, 0.3) is 0 Å². The van der Waals surface area contributed by atoms with Crippen LogP contribution in [0.2, 0.25) is 0 Å². The average Bonchev–Trinajstić information content (AvgIpc) is 2.52. The number of imide groups is 1. The number of rotatable bonds is 12. The standard InChI is InChI=1S/C65H59N5O10/c1-42(46-12-6-3-7-13-46)66-64(75)69-53-30-22-44(19-18-43-20-26-50(76-2)27-21-43)38-52(53)65(63(69)74)56(61(72)68-34-32-67(33-35-68)40-45-23-31-54-55(39-45)79-41-78-54)58-62(73)80-59(48-16-10-5-11-17-48)57(47-14-8-4-9-15-47)70(58)60(65)49-24-28-51(29-25-49)77-37-36-71/h3-17,20-31,38-39,42,56-60,71H,32-37,40-41H2,1-2H3,(H,66,75). The molecule has 0 saturated carbocycles. The van der Waals surface area contributed by atoms with Gasteiger partial charge in [0, 0.05) is 43.9 Å². The van der Waals surface area contributed by atoms with Crippen LogP contribution in [0.1, 0.15) is 75.7 Å². The van der Waals surface area contributed by atoms with Gasteiger partial charge in [0.2, 0.25) is 18.6 Å². The molecule has 5 aliphatic rings. The van der Waals surface area contributed by atoms with Crippen LogP contribution in [0.5, 0.6) is 23.0 Å². The molecular formula is C65H59N5O10. The van der Waals surface area contributed by atoms with Crippen molar-refractivity contribution in [3.05, 3.63) is 220 Å². The molecule has 15 heteroatoms. The zero-order valence-corrected chi connectivity index (χ0v) is 44.3. The molecule has 1 spiro atoms. The first kappa shape index (κ1) is 51.8. The minimum Gasteiger partial charge on any atom is -0.497 e. The fourth-order valence-electron chi connectivity index (χ4n) is 12.4. The maximum absolute atomic E-state index is 17.1. The van der Waals surface area contributed by atoms with E-state index in [1.165, 1.54) is 4.90 Å². The van der Waals surface area contributed by atoms with Crippen molar-refractivity contribution >= 4 is 29.5 Å². The van der Waals surface area contributed by atoms with Crippen LogP contribution < -0.4 is 29.2 Å². The van der Waals surface area contributed by atoms with E-state index in [0.29, 0.717) is 70.4 Å². The molecule has 12 rings (SSSR count). The molecule has 0 aliphatic carbocycles. The Morgan fingerprint density at radius 3 is 2.06 bits per heavy atom. The third-order valence-corrected chi connectivity index (χ3v) is 16.1. The molecule has 0 radical (unpaired) electrons. The number of morpholine rings is 1. The molecule has 7 aromatic carbocycles. The van der Waals surface area contributed by atoms with Gasteiger partial charge < -0.3 is 39.0 Å². The van der Waals surface area contributed by atoms with Crippen molar-refractivity contribution in [1.82, 2.24) is 20.0 Å². The number of piperazine rings is 1. The third-order valence-electron chi connectivity index (χ3n) is 16.1. The number of aliphatic hydroxyl groups is 1. The summed E-state index contributed by atoms with van der Waals surface area (Å²) in [6, 6.07) is 50.0. The highest BCUT2D eigenvalue weighted by atomic mass is 16.7. The smallest absolute Gasteiger partial charge is 0.329 e. The Kier molecular flexibility index (Phi) is 14.3. The predicted molar refractivity (Wildman–Crippen MR) is 298 cm³/mol. The average molecular weight is 1070 g/mol.